The molecule has 2 heterocycles. The number of rotatable bonds is 4. The van der Waals surface area contributed by atoms with Crippen LogP contribution >= 0.6 is 0 Å². The van der Waals surface area contributed by atoms with Crippen LogP contribution in [-0.2, 0) is 12.1 Å². The number of nitro groups is 1. The topological polar surface area (TPSA) is 115 Å². The number of urea groups is 1. The lowest BCUT2D eigenvalue weighted by atomic mass is 9.81. The molecule has 2 aliphatic rings. The van der Waals surface area contributed by atoms with E-state index in [1.54, 1.807) is 0 Å². The summed E-state index contributed by atoms with van der Waals surface area (Å²) in [4.78, 5) is 25.5. The van der Waals surface area contributed by atoms with Gasteiger partial charge in [0.2, 0.25) is 6.33 Å². The molecule has 0 bridgehead atoms. The van der Waals surface area contributed by atoms with Crippen LogP contribution in [0.2, 0.25) is 0 Å². The molecule has 0 unspecified atom stereocenters. The maximum absolute atomic E-state index is 14.8. The molecule has 2 aromatic rings. The summed E-state index contributed by atoms with van der Waals surface area (Å²) in [5.41, 5.74) is -2.65. The van der Waals surface area contributed by atoms with Gasteiger partial charge in [0, 0.05) is 34.8 Å². The van der Waals surface area contributed by atoms with Crippen LogP contribution in [0.1, 0.15) is 30.9 Å². The second-order valence-corrected chi connectivity index (χ2v) is 7.25. The van der Waals surface area contributed by atoms with Gasteiger partial charge in [0.25, 0.3) is 5.92 Å². The Morgan fingerprint density at radius 2 is 2.17 bits per heavy atom. The van der Waals surface area contributed by atoms with E-state index in [0.29, 0.717) is 6.92 Å². The number of hydrogen-bond acceptors (Lipinski definition) is 5. The van der Waals surface area contributed by atoms with Crippen LogP contribution in [-0.4, -0.2) is 31.6 Å². The van der Waals surface area contributed by atoms with Crippen LogP contribution in [0.15, 0.2) is 18.5 Å². The number of alkyl halides is 2. The summed E-state index contributed by atoms with van der Waals surface area (Å²) >= 11 is 0. The van der Waals surface area contributed by atoms with Gasteiger partial charge in [-0.3, -0.25) is 0 Å². The predicted molar refractivity (Wildman–Crippen MR) is 97.1 cm³/mol. The van der Waals surface area contributed by atoms with E-state index in [4.69, 9.17) is 0 Å². The first-order valence-electron chi connectivity index (χ1n) is 8.95. The molecule has 156 valence electrons. The highest BCUT2D eigenvalue weighted by Crippen LogP contribution is 2.44. The number of nitrogens with one attached hydrogen (secondary N) is 2. The first-order valence-corrected chi connectivity index (χ1v) is 8.95. The van der Waals surface area contributed by atoms with Crippen LogP contribution in [0, 0.1) is 33.7 Å². The third-order valence-corrected chi connectivity index (χ3v) is 4.86. The van der Waals surface area contributed by atoms with Crippen LogP contribution in [0.3, 0.4) is 0 Å². The van der Waals surface area contributed by atoms with Gasteiger partial charge in [-0.2, -0.15) is 4.68 Å². The summed E-state index contributed by atoms with van der Waals surface area (Å²) < 4.78 is 45.2. The average Bonchev–Trinajstić information content (AvgIpc) is 3.36. The summed E-state index contributed by atoms with van der Waals surface area (Å²) in [7, 11) is 0. The van der Waals surface area contributed by atoms with E-state index in [1.165, 1.54) is 6.07 Å². The van der Waals surface area contributed by atoms with Gasteiger partial charge in [0.1, 0.15) is 5.82 Å². The summed E-state index contributed by atoms with van der Waals surface area (Å²) in [5, 5.41) is 18.9. The van der Waals surface area contributed by atoms with Crippen LogP contribution in [0.5, 0.6) is 0 Å². The summed E-state index contributed by atoms with van der Waals surface area (Å²) in [6, 6.07) is 1.18. The fraction of sp³-hybridized carbons (Fsp3) is 0.389. The molecule has 4 rings (SSSR count). The zero-order valence-electron chi connectivity index (χ0n) is 15.6. The largest absolute Gasteiger partial charge is 0.490 e. The lowest BCUT2D eigenvalue weighted by Gasteiger charge is -2.40. The minimum atomic E-state index is -3.51. The van der Waals surface area contributed by atoms with Gasteiger partial charge in [-0.25, -0.2) is 18.0 Å². The molecular formula is C18H15F3N6O3. The van der Waals surface area contributed by atoms with Gasteiger partial charge in [0.15, 0.2) is 5.54 Å². The van der Waals surface area contributed by atoms with E-state index < -0.39 is 34.2 Å². The molecule has 1 aromatic heterocycles. The standard InChI is InChI=1S/C18H15F3N6O3/c1-17(20,21)18(5-4-10-2-3-10)12-7-13(19)11(6-14(12)23-16(28)24-18)8-26-9-22-15(25-26)27(29)30/h6-7,9-10H,2-3,8H2,1H3,(H2,23,24,28)/t18-/m0/s1. The molecule has 0 radical (unpaired) electrons. The molecule has 1 aromatic carbocycles. The Morgan fingerprint density at radius 1 is 1.43 bits per heavy atom. The lowest BCUT2D eigenvalue weighted by molar-refractivity contribution is -0.394. The molecule has 0 saturated heterocycles. The van der Waals surface area contributed by atoms with Crippen LogP contribution in [0.4, 0.5) is 29.6 Å². The second-order valence-electron chi connectivity index (χ2n) is 7.25. The van der Waals surface area contributed by atoms with E-state index in [2.05, 4.69) is 32.6 Å². The molecule has 12 heteroatoms. The third kappa shape index (κ3) is 3.42. The Kier molecular flexibility index (Phi) is 4.41. The third-order valence-electron chi connectivity index (χ3n) is 4.86. The number of aromatic nitrogens is 3. The van der Waals surface area contributed by atoms with Crippen LogP contribution in [0.25, 0.3) is 0 Å². The number of halogens is 3. The average molecular weight is 420 g/mol. The first-order chi connectivity index (χ1) is 14.1. The first kappa shape index (κ1) is 19.7. The van der Waals surface area contributed by atoms with E-state index >= 15 is 0 Å². The molecule has 1 atom stereocenters. The van der Waals surface area contributed by atoms with Gasteiger partial charge in [-0.15, -0.1) is 0 Å². The maximum Gasteiger partial charge on any atom is 0.490 e. The van der Waals surface area contributed by atoms with Crippen molar-refractivity contribution in [2.24, 2.45) is 5.92 Å². The quantitative estimate of drug-likeness (QED) is 0.448. The summed E-state index contributed by atoms with van der Waals surface area (Å²) in [5.74, 6) is 0.186. The maximum atomic E-state index is 14.8. The fourth-order valence-corrected chi connectivity index (χ4v) is 3.16. The highest BCUT2D eigenvalue weighted by molar-refractivity contribution is 5.95. The van der Waals surface area contributed by atoms with E-state index in [1.807, 2.05) is 0 Å². The number of carbonyl (C=O) groups is 1. The highest BCUT2D eigenvalue weighted by atomic mass is 19.3. The number of nitrogens with zero attached hydrogens (tertiary/aromatic N) is 4. The lowest BCUT2D eigenvalue weighted by Crippen LogP contribution is -2.59. The number of benzene rings is 1. The number of fused-ring (bicyclic) bond motifs is 1. The Morgan fingerprint density at radius 3 is 2.77 bits per heavy atom. The number of carbonyl (C=O) groups excluding carboxylic acids is 1. The molecule has 0 spiro atoms. The summed E-state index contributed by atoms with van der Waals surface area (Å²) in [6.07, 6.45) is 2.62. The van der Waals surface area contributed by atoms with Gasteiger partial charge in [0.05, 0.1) is 6.54 Å². The van der Waals surface area contributed by atoms with E-state index in [0.717, 1.165) is 29.9 Å². The molecule has 1 aliphatic carbocycles. The second kappa shape index (κ2) is 6.72. The Hall–Kier alpha value is -3.62. The molecule has 2 amide bonds. The molecule has 1 fully saturated rings. The van der Waals surface area contributed by atoms with Crippen molar-refractivity contribution < 1.29 is 22.9 Å². The van der Waals surface area contributed by atoms with Gasteiger partial charge in [-0.1, -0.05) is 16.8 Å². The molecule has 9 nitrogen and oxygen atoms in total. The van der Waals surface area contributed by atoms with Crippen molar-refractivity contribution in [3.05, 3.63) is 45.5 Å². The fourth-order valence-electron chi connectivity index (χ4n) is 3.16. The normalized spacial score (nSPS) is 20.5. The van der Waals surface area contributed by atoms with Crippen molar-refractivity contribution in [3.63, 3.8) is 0 Å². The zero-order valence-corrected chi connectivity index (χ0v) is 15.6. The molecule has 2 N–H and O–H groups in total. The molecule has 1 saturated carbocycles. The Bertz CT molecular complexity index is 1110. The highest BCUT2D eigenvalue weighted by Gasteiger charge is 2.55. The van der Waals surface area contributed by atoms with E-state index in [9.17, 15) is 28.1 Å². The number of hydrogen-bond donors (Lipinski definition) is 2. The van der Waals surface area contributed by atoms with Crippen molar-refractivity contribution in [2.75, 3.05) is 5.32 Å². The van der Waals surface area contributed by atoms with Crippen molar-refractivity contribution in [1.82, 2.24) is 20.1 Å². The smallest absolute Gasteiger partial charge is 0.390 e. The number of anilines is 1. The minimum Gasteiger partial charge on any atom is -0.390 e. The Labute approximate surface area is 167 Å². The number of amides is 2. The van der Waals surface area contributed by atoms with Gasteiger partial charge < -0.3 is 20.7 Å². The zero-order chi connectivity index (χ0) is 21.7. The molecule has 30 heavy (non-hydrogen) atoms. The molecule has 1 aliphatic heterocycles. The van der Waals surface area contributed by atoms with Crippen molar-refractivity contribution in [2.45, 2.75) is 37.8 Å². The Balaban J connectivity index is 1.78. The monoisotopic (exact) mass is 420 g/mol. The SMILES string of the molecule is CC(F)(F)[C@@]1(C#CC2CC2)NC(=O)Nc2cc(Cn3cnc([N+](=O)[O-])n3)c(F)cc21. The van der Waals surface area contributed by atoms with Crippen molar-refractivity contribution in [3.8, 4) is 11.8 Å². The summed E-state index contributed by atoms with van der Waals surface area (Å²) in [6.45, 7) is 0.358. The minimum absolute atomic E-state index is 0.0216. The van der Waals surface area contributed by atoms with Crippen molar-refractivity contribution >= 4 is 17.7 Å². The molecular weight excluding hydrogens is 405 g/mol. The predicted octanol–water partition coefficient (Wildman–Crippen LogP) is 2.77. The van der Waals surface area contributed by atoms with Crippen LogP contribution < -0.4 is 10.6 Å². The van der Waals surface area contributed by atoms with Gasteiger partial charge >= 0.3 is 12.0 Å². The van der Waals surface area contributed by atoms with Gasteiger partial charge in [-0.05, 0) is 29.9 Å². The van der Waals surface area contributed by atoms with Crippen molar-refractivity contribution in [1.29, 1.82) is 0 Å². The van der Waals surface area contributed by atoms with E-state index in [-0.39, 0.29) is 29.3 Å².